The van der Waals surface area contributed by atoms with Crippen molar-refractivity contribution >= 4 is 53.7 Å². The number of ether oxygens (including phenoxy) is 12. The monoisotopic (exact) mass is 1720 g/mol. The van der Waals surface area contributed by atoms with Crippen LogP contribution in [0.25, 0.3) is 44.5 Å². The van der Waals surface area contributed by atoms with Crippen LogP contribution in [-0.2, 0) is 52.1 Å². The van der Waals surface area contributed by atoms with Crippen molar-refractivity contribution in [3.05, 3.63) is 105 Å². The average molecular weight is 1720 g/mol. The minimum Gasteiger partial charge on any atom is -0.504 e. The van der Waals surface area contributed by atoms with Crippen LogP contribution in [0.1, 0.15) is 93.2 Å². The van der Waals surface area contributed by atoms with Crippen LogP contribution in [0.4, 0.5) is 0 Å². The first-order valence-corrected chi connectivity index (χ1v) is 34.3. The third-order valence-corrected chi connectivity index (χ3v) is 20.1. The number of aromatic hydroxyl groups is 26. The highest BCUT2D eigenvalue weighted by Crippen LogP contribution is 2.61. The molecule has 0 radical (unpaired) electrons. The topological polar surface area (TPSA) is 811 Å². The number of aliphatic hydroxyl groups excluding tert-OH is 1. The van der Waals surface area contributed by atoms with E-state index in [1.807, 2.05) is 0 Å². The number of phenolic OH excluding ortho intramolecular Hbond substituents is 26. The zero-order chi connectivity index (χ0) is 89.2. The van der Waals surface area contributed by atoms with Gasteiger partial charge in [0.15, 0.2) is 140 Å². The van der Waals surface area contributed by atoms with Crippen LogP contribution < -0.4 is 4.74 Å². The Bertz CT molecular complexity index is 6300. The molecule has 2 fully saturated rings. The average Bonchev–Trinajstić information content (AvgIpc) is 1.55. The summed E-state index contributed by atoms with van der Waals surface area (Å²) >= 11 is 0. The van der Waals surface area contributed by atoms with Crippen LogP contribution in [0.5, 0.6) is 161 Å². The van der Waals surface area contributed by atoms with Gasteiger partial charge in [0.2, 0.25) is 69.9 Å². The van der Waals surface area contributed by atoms with E-state index in [1.165, 1.54) is 0 Å². The summed E-state index contributed by atoms with van der Waals surface area (Å²) in [5.74, 6) is -61.7. The van der Waals surface area contributed by atoms with Crippen molar-refractivity contribution in [3.8, 4) is 205 Å². The molecule has 48 heteroatoms. The summed E-state index contributed by atoms with van der Waals surface area (Å²) in [5, 5.41) is 301. The second kappa shape index (κ2) is 28.8. The second-order valence-corrected chi connectivity index (χ2v) is 27.1. The van der Waals surface area contributed by atoms with Gasteiger partial charge < -0.3 is 195 Å². The van der Waals surface area contributed by atoms with Gasteiger partial charge in [0.05, 0.1) is 44.5 Å². The number of hydrogen-bond donors (Lipinski definition) is 27. The van der Waals surface area contributed by atoms with Gasteiger partial charge in [-0.15, -0.1) is 0 Å². The fraction of sp³-hybridized carbons (Fsp3) is 0.160. The van der Waals surface area contributed by atoms with Gasteiger partial charge in [-0.2, -0.15) is 0 Å². The van der Waals surface area contributed by atoms with E-state index >= 15 is 14.4 Å². The third kappa shape index (κ3) is 12.5. The number of fused-ring (bicyclic) bond motifs is 18. The zero-order valence-electron chi connectivity index (χ0n) is 60.0. The van der Waals surface area contributed by atoms with Crippen molar-refractivity contribution in [1.29, 1.82) is 0 Å². The number of rotatable bonds is 4. The maximum absolute atomic E-state index is 15.4. The van der Waals surface area contributed by atoms with Gasteiger partial charge >= 0.3 is 53.7 Å². The molecule has 6 aliphatic rings. The van der Waals surface area contributed by atoms with Crippen molar-refractivity contribution in [1.82, 2.24) is 0 Å². The van der Waals surface area contributed by atoms with E-state index in [9.17, 15) is 167 Å². The van der Waals surface area contributed by atoms with Gasteiger partial charge in [0.25, 0.3) is 0 Å². The first-order chi connectivity index (χ1) is 57.9. The van der Waals surface area contributed by atoms with Crippen molar-refractivity contribution in [3.63, 3.8) is 0 Å². The van der Waals surface area contributed by atoms with E-state index in [1.54, 1.807) is 0 Å². The molecule has 0 saturated carbocycles. The SMILES string of the molecule is O=C(OC1OC2COC(=O)c3cc(O)c(O)c(O)c3-c3c(cc(O)c(O)c3O)C(=O)OC2C2OC(=O)c3cc(O)c(O)c(O)c3-c3c(cc(O)c(O)c3O)C(=O)OC12)c1cc(O)c(O)c(O)c1Oc1cc2c(c(O)c1O)-c1c(cc(O)c(O)c1O)C(=O)OC1C(COC2=O)OC(O)C2OC(=O)c3cc(O)c(O)c(O)c3-c3c(cc(O)c(O)c3O)C(=O)OC21. The Balaban J connectivity index is 0.842. The Hall–Kier alpha value is -17.3. The van der Waals surface area contributed by atoms with Crippen LogP contribution in [0.15, 0.2) is 54.6 Å². The van der Waals surface area contributed by atoms with E-state index in [0.717, 1.165) is 0 Å². The van der Waals surface area contributed by atoms with Gasteiger partial charge in [-0.05, 0) is 42.5 Å². The highest BCUT2D eigenvalue weighted by Gasteiger charge is 2.58. The lowest BCUT2D eigenvalue weighted by Crippen LogP contribution is -2.63. The summed E-state index contributed by atoms with van der Waals surface area (Å²) in [7, 11) is 0. The predicted molar refractivity (Wildman–Crippen MR) is 378 cm³/mol. The van der Waals surface area contributed by atoms with E-state index < -0.39 is 384 Å². The van der Waals surface area contributed by atoms with Gasteiger partial charge in [0, 0.05) is 56.6 Å². The van der Waals surface area contributed by atoms with Crippen LogP contribution in [0.2, 0.25) is 0 Å². The number of hydrogen-bond acceptors (Lipinski definition) is 48. The maximum atomic E-state index is 15.4. The standard InChI is InChI=1S/C75H50O48/c76-21-1-12-32(49(93)40(21)84)33-13(2-22(77)41(85)50(33)94)68(105)118-60-31(11-113-65(12)102)116-75(64-62(60)120-70(107)16-5-25(80)43(87)52(96)35(16)37-18(72(109)122-64)7-27(82)45(89)54(37)98)123-73(110)20-8-28(83)47(91)57(101)58(20)114-29-9-19-39(56(100)48(29)92)38-14(3-23(78)46(90)55(38)99)67(104)117-59-30(10-112-66(19)103)115-74(111)63-61(59)119-69(106)15-4-24(79)42(86)51(95)34(15)36-17(71(108)121-63)6-26(81)44(88)53(36)97/h1-9,30-31,59-64,74-101,111H,10-11H2. The molecule has 15 rings (SSSR count). The summed E-state index contributed by atoms with van der Waals surface area (Å²) in [4.78, 5) is 134. The Kier molecular flexibility index (Phi) is 18.9. The molecule has 0 amide bonds. The minimum atomic E-state index is -3.07. The van der Waals surface area contributed by atoms with E-state index in [-0.39, 0.29) is 36.4 Å². The third-order valence-electron chi connectivity index (χ3n) is 20.1. The largest absolute Gasteiger partial charge is 0.504 e. The Morgan fingerprint density at radius 3 is 0.837 bits per heavy atom. The summed E-state index contributed by atoms with van der Waals surface area (Å²) in [5.41, 5.74) is -21.9. The molecule has 0 bridgehead atoms. The first kappa shape index (κ1) is 80.9. The summed E-state index contributed by atoms with van der Waals surface area (Å²) in [6, 6.07) is 2.42. The van der Waals surface area contributed by atoms with Gasteiger partial charge in [-0.3, -0.25) is 0 Å². The molecular formula is C75H50O48. The molecule has 6 heterocycles. The number of aliphatic hydroxyl groups is 1. The molecule has 27 N–H and O–H groups in total. The number of phenols is 26. The molecule has 9 aromatic rings. The number of benzene rings is 9. The number of carbonyl (C=O) groups excluding carboxylic acids is 9. The van der Waals surface area contributed by atoms with Gasteiger partial charge in [0.1, 0.15) is 31.0 Å². The molecule has 638 valence electrons. The number of cyclic esters (lactones) is 2. The van der Waals surface area contributed by atoms with Crippen molar-refractivity contribution in [2.75, 3.05) is 13.2 Å². The van der Waals surface area contributed by atoms with Crippen LogP contribution in [0.3, 0.4) is 0 Å². The van der Waals surface area contributed by atoms with Gasteiger partial charge in [-0.25, -0.2) is 43.2 Å². The Morgan fingerprint density at radius 2 is 0.512 bits per heavy atom. The summed E-state index contributed by atoms with van der Waals surface area (Å²) in [6.07, 6.45) is -27.1. The molecule has 10 atom stereocenters. The van der Waals surface area contributed by atoms with E-state index in [0.29, 0.717) is 18.2 Å². The minimum absolute atomic E-state index is 0.116. The van der Waals surface area contributed by atoms with Crippen molar-refractivity contribution in [2.45, 2.75) is 61.4 Å². The maximum Gasteiger partial charge on any atom is 0.344 e. The van der Waals surface area contributed by atoms with Crippen LogP contribution >= 0.6 is 0 Å². The number of carbonyl (C=O) groups is 9. The zero-order valence-corrected chi connectivity index (χ0v) is 60.0. The normalized spacial score (nSPS) is 21.0. The van der Waals surface area contributed by atoms with Gasteiger partial charge in [-0.1, -0.05) is 0 Å². The highest BCUT2D eigenvalue weighted by atomic mass is 16.8. The molecule has 48 nitrogen and oxygen atoms in total. The summed E-state index contributed by atoms with van der Waals surface area (Å²) < 4.78 is 68.1. The Labute approximate surface area is 674 Å². The fourth-order valence-corrected chi connectivity index (χ4v) is 14.2. The quantitative estimate of drug-likeness (QED) is 0.0684. The smallest absolute Gasteiger partial charge is 0.344 e. The Morgan fingerprint density at radius 1 is 0.268 bits per heavy atom. The van der Waals surface area contributed by atoms with Crippen LogP contribution in [-0.4, -0.2) is 266 Å². The van der Waals surface area contributed by atoms with Crippen molar-refractivity contribution < 1.29 is 238 Å². The molecule has 0 aromatic heterocycles. The predicted octanol–water partition coefficient (Wildman–Crippen LogP) is 2.71. The molecule has 123 heavy (non-hydrogen) atoms. The molecule has 0 aliphatic carbocycles. The lowest BCUT2D eigenvalue weighted by Gasteiger charge is -2.44. The van der Waals surface area contributed by atoms with Crippen LogP contribution in [0, 0.1) is 0 Å². The second-order valence-electron chi connectivity index (χ2n) is 27.1. The van der Waals surface area contributed by atoms with E-state index in [4.69, 9.17) is 56.8 Å². The fourth-order valence-electron chi connectivity index (χ4n) is 14.2. The molecule has 10 unspecified atom stereocenters. The highest BCUT2D eigenvalue weighted by molar-refractivity contribution is 6.13. The number of esters is 9. The summed E-state index contributed by atoms with van der Waals surface area (Å²) in [6.45, 7) is -3.05. The van der Waals surface area contributed by atoms with E-state index in [2.05, 4.69) is 0 Å². The molecule has 6 aliphatic heterocycles. The molecule has 0 spiro atoms. The molecule has 2 saturated heterocycles. The lowest BCUT2D eigenvalue weighted by molar-refractivity contribution is -0.284. The lowest BCUT2D eigenvalue weighted by atomic mass is 9.91. The van der Waals surface area contributed by atoms with Crippen molar-refractivity contribution in [2.24, 2.45) is 0 Å². The molecular weight excluding hydrogens is 1670 g/mol. The first-order valence-electron chi connectivity index (χ1n) is 34.3. The molecule has 9 aromatic carbocycles.